The van der Waals surface area contributed by atoms with Crippen LogP contribution in [0.4, 0.5) is 4.39 Å². The fraction of sp³-hybridized carbons (Fsp3) is 0.160. The average molecular weight is 387 g/mol. The zero-order valence-electron chi connectivity index (χ0n) is 15.9. The van der Waals surface area contributed by atoms with Crippen LogP contribution < -0.4 is 0 Å². The first-order valence-corrected chi connectivity index (χ1v) is 9.66. The van der Waals surface area contributed by atoms with Crippen LogP contribution in [0, 0.1) is 5.82 Å². The molecule has 1 heterocycles. The van der Waals surface area contributed by atoms with Gasteiger partial charge in [0.2, 0.25) is 0 Å². The number of carbonyl (C=O) groups is 1. The summed E-state index contributed by atoms with van der Waals surface area (Å²) in [4.78, 5) is 14.8. The fourth-order valence-corrected chi connectivity index (χ4v) is 3.60. The first-order chi connectivity index (χ1) is 14.2. The zero-order valence-corrected chi connectivity index (χ0v) is 15.9. The molecule has 0 amide bonds. The number of esters is 1. The van der Waals surface area contributed by atoms with Crippen molar-refractivity contribution < 1.29 is 13.9 Å². The number of cyclic esters (lactones) is 1. The molecule has 3 nitrogen and oxygen atoms in total. The summed E-state index contributed by atoms with van der Waals surface area (Å²) in [6.45, 7) is 0.935. The third-order valence-corrected chi connectivity index (χ3v) is 5.12. The molecule has 29 heavy (non-hydrogen) atoms. The van der Waals surface area contributed by atoms with E-state index in [0.717, 1.165) is 16.7 Å². The summed E-state index contributed by atoms with van der Waals surface area (Å²) >= 11 is 0. The Morgan fingerprint density at radius 2 is 1.59 bits per heavy atom. The van der Waals surface area contributed by atoms with E-state index in [2.05, 4.69) is 29.2 Å². The first-order valence-electron chi connectivity index (χ1n) is 9.66. The van der Waals surface area contributed by atoms with Crippen molar-refractivity contribution in [1.29, 1.82) is 0 Å². The van der Waals surface area contributed by atoms with E-state index in [1.54, 1.807) is 12.1 Å². The van der Waals surface area contributed by atoms with Crippen molar-refractivity contribution in [2.45, 2.75) is 18.6 Å². The van der Waals surface area contributed by atoms with Gasteiger partial charge in [0.25, 0.3) is 0 Å². The molecule has 0 radical (unpaired) electrons. The van der Waals surface area contributed by atoms with Gasteiger partial charge in [0.15, 0.2) is 0 Å². The lowest BCUT2D eigenvalue weighted by atomic mass is 10.00. The van der Waals surface area contributed by atoms with Gasteiger partial charge in [-0.2, -0.15) is 0 Å². The van der Waals surface area contributed by atoms with Gasteiger partial charge in [-0.3, -0.25) is 4.90 Å². The molecule has 0 aromatic heterocycles. The largest absolute Gasteiger partial charge is 0.462 e. The van der Waals surface area contributed by atoms with E-state index in [4.69, 9.17) is 4.74 Å². The Kier molecular flexibility index (Phi) is 5.82. The standard InChI is InChI=1S/C25H22FNO2/c26-22-14-11-19(12-15-22)13-16-23-25(28)29-18-24(21-9-5-2-6-10-21)27(23)17-20-7-3-1-4-8-20/h1-16,23-24H,17-18H2/b16-13+/t23-,24+/m1/s1. The zero-order chi connectivity index (χ0) is 20.1. The number of nitrogens with zero attached hydrogens (tertiary/aromatic N) is 1. The quantitative estimate of drug-likeness (QED) is 0.577. The summed E-state index contributed by atoms with van der Waals surface area (Å²) < 4.78 is 18.7. The van der Waals surface area contributed by atoms with Gasteiger partial charge in [0, 0.05) is 6.54 Å². The lowest BCUT2D eigenvalue weighted by Gasteiger charge is -2.39. The molecule has 2 atom stereocenters. The maximum atomic E-state index is 13.2. The van der Waals surface area contributed by atoms with Crippen molar-refractivity contribution in [3.63, 3.8) is 0 Å². The van der Waals surface area contributed by atoms with Gasteiger partial charge in [0.05, 0.1) is 6.04 Å². The summed E-state index contributed by atoms with van der Waals surface area (Å²) in [7, 11) is 0. The van der Waals surface area contributed by atoms with E-state index in [1.807, 2.05) is 48.6 Å². The van der Waals surface area contributed by atoms with Crippen molar-refractivity contribution >= 4 is 12.0 Å². The van der Waals surface area contributed by atoms with Crippen LogP contribution in [0.1, 0.15) is 22.7 Å². The van der Waals surface area contributed by atoms with Gasteiger partial charge in [0.1, 0.15) is 18.5 Å². The smallest absolute Gasteiger partial charge is 0.327 e. The van der Waals surface area contributed by atoms with E-state index in [0.29, 0.717) is 13.2 Å². The van der Waals surface area contributed by atoms with Gasteiger partial charge < -0.3 is 4.74 Å². The van der Waals surface area contributed by atoms with E-state index >= 15 is 0 Å². The van der Waals surface area contributed by atoms with Crippen LogP contribution in [0.15, 0.2) is 91.0 Å². The topological polar surface area (TPSA) is 29.5 Å². The third-order valence-electron chi connectivity index (χ3n) is 5.12. The first kappa shape index (κ1) is 19.1. The van der Waals surface area contributed by atoms with E-state index in [9.17, 15) is 9.18 Å². The minimum Gasteiger partial charge on any atom is -0.462 e. The number of carbonyl (C=O) groups excluding carboxylic acids is 1. The van der Waals surface area contributed by atoms with E-state index < -0.39 is 6.04 Å². The molecule has 3 aromatic rings. The summed E-state index contributed by atoms with van der Waals surface area (Å²) in [5.74, 6) is -0.555. The van der Waals surface area contributed by atoms with Crippen molar-refractivity contribution in [2.24, 2.45) is 0 Å². The Morgan fingerprint density at radius 1 is 0.931 bits per heavy atom. The highest BCUT2D eigenvalue weighted by molar-refractivity contribution is 5.80. The molecule has 1 fully saturated rings. The third kappa shape index (κ3) is 4.61. The van der Waals surface area contributed by atoms with Gasteiger partial charge >= 0.3 is 5.97 Å². The second kappa shape index (κ2) is 8.84. The summed E-state index contributed by atoms with van der Waals surface area (Å²) in [6, 6.07) is 25.8. The molecular formula is C25H22FNO2. The van der Waals surface area contributed by atoms with Crippen molar-refractivity contribution in [1.82, 2.24) is 4.90 Å². The number of hydrogen-bond donors (Lipinski definition) is 0. The predicted molar refractivity (Wildman–Crippen MR) is 111 cm³/mol. The predicted octanol–water partition coefficient (Wildman–Crippen LogP) is 5.01. The number of halogens is 1. The molecule has 4 rings (SSSR count). The molecule has 0 saturated carbocycles. The van der Waals surface area contributed by atoms with Crippen LogP contribution >= 0.6 is 0 Å². The van der Waals surface area contributed by atoms with E-state index in [-0.39, 0.29) is 17.8 Å². The summed E-state index contributed by atoms with van der Waals surface area (Å²) in [6.07, 6.45) is 3.68. The maximum Gasteiger partial charge on any atom is 0.327 e. The second-order valence-electron chi connectivity index (χ2n) is 7.07. The van der Waals surface area contributed by atoms with Crippen LogP contribution in [0.2, 0.25) is 0 Å². The van der Waals surface area contributed by atoms with Crippen LogP contribution in [-0.2, 0) is 16.1 Å². The molecule has 146 valence electrons. The molecule has 0 aliphatic carbocycles. The fourth-order valence-electron chi connectivity index (χ4n) is 3.60. The highest BCUT2D eigenvalue weighted by Crippen LogP contribution is 2.30. The maximum absolute atomic E-state index is 13.2. The minimum absolute atomic E-state index is 0.0445. The molecule has 0 spiro atoms. The Morgan fingerprint density at radius 3 is 2.28 bits per heavy atom. The number of hydrogen-bond acceptors (Lipinski definition) is 3. The normalized spacial score (nSPS) is 20.0. The molecular weight excluding hydrogens is 365 g/mol. The lowest BCUT2D eigenvalue weighted by molar-refractivity contribution is -0.160. The Bertz CT molecular complexity index is 971. The molecule has 3 aromatic carbocycles. The van der Waals surface area contributed by atoms with Crippen molar-refractivity contribution in [3.8, 4) is 0 Å². The molecule has 4 heteroatoms. The van der Waals surface area contributed by atoms with E-state index in [1.165, 1.54) is 12.1 Å². The van der Waals surface area contributed by atoms with Crippen LogP contribution in [0.25, 0.3) is 6.08 Å². The van der Waals surface area contributed by atoms with Crippen LogP contribution in [0.5, 0.6) is 0 Å². The molecule has 0 unspecified atom stereocenters. The number of ether oxygens (including phenoxy) is 1. The van der Waals surface area contributed by atoms with Gasteiger partial charge in [-0.05, 0) is 28.8 Å². The summed E-state index contributed by atoms with van der Waals surface area (Å²) in [5.41, 5.74) is 3.07. The van der Waals surface area contributed by atoms with Crippen LogP contribution in [0.3, 0.4) is 0 Å². The highest BCUT2D eigenvalue weighted by atomic mass is 19.1. The lowest BCUT2D eigenvalue weighted by Crippen LogP contribution is -2.49. The molecule has 1 saturated heterocycles. The average Bonchev–Trinajstić information content (AvgIpc) is 2.76. The van der Waals surface area contributed by atoms with Gasteiger partial charge in [-0.25, -0.2) is 9.18 Å². The minimum atomic E-state index is -0.529. The SMILES string of the molecule is O=C1OC[C@@H](c2ccccc2)N(Cc2ccccc2)[C@@H]1/C=C/c1ccc(F)cc1. The Hall–Kier alpha value is -3.24. The Balaban J connectivity index is 1.66. The second-order valence-corrected chi connectivity index (χ2v) is 7.07. The molecule has 1 aliphatic rings. The van der Waals surface area contributed by atoms with Gasteiger partial charge in [-0.1, -0.05) is 84.9 Å². The highest BCUT2D eigenvalue weighted by Gasteiger charge is 2.37. The van der Waals surface area contributed by atoms with Crippen LogP contribution in [-0.4, -0.2) is 23.5 Å². The molecule has 0 N–H and O–H groups in total. The Labute approximate surface area is 170 Å². The number of morpholine rings is 1. The number of benzene rings is 3. The molecule has 0 bridgehead atoms. The monoisotopic (exact) mass is 387 g/mol. The van der Waals surface area contributed by atoms with Gasteiger partial charge in [-0.15, -0.1) is 0 Å². The van der Waals surface area contributed by atoms with Crippen molar-refractivity contribution in [2.75, 3.05) is 6.61 Å². The number of rotatable bonds is 5. The summed E-state index contributed by atoms with van der Waals surface area (Å²) in [5, 5.41) is 0. The molecule has 1 aliphatic heterocycles. The van der Waals surface area contributed by atoms with Crippen molar-refractivity contribution in [3.05, 3.63) is 114 Å².